The van der Waals surface area contributed by atoms with Crippen LogP contribution >= 0.6 is 12.2 Å². The number of methoxy groups -OCH3 is 1. The molecular weight excluding hydrogens is 262 g/mol. The molecule has 6 heteroatoms. The van der Waals surface area contributed by atoms with Crippen LogP contribution in [0.2, 0.25) is 0 Å². The number of carbonyl (C=O) groups excluding carboxylic acids is 1. The lowest BCUT2D eigenvalue weighted by Crippen LogP contribution is -2.19. The Balaban J connectivity index is 2.83. The lowest BCUT2D eigenvalue weighted by atomic mass is 10.2. The maximum Gasteiger partial charge on any atom is 0.224 e. The molecule has 0 heterocycles. The highest BCUT2D eigenvalue weighted by Gasteiger charge is 2.08. The zero-order chi connectivity index (χ0) is 14.3. The summed E-state index contributed by atoms with van der Waals surface area (Å²) in [5.74, 6) is 0.561. The first-order valence-electron chi connectivity index (χ1n) is 6.11. The van der Waals surface area contributed by atoms with E-state index < -0.39 is 0 Å². The number of hydrogen-bond donors (Lipinski definition) is 3. The van der Waals surface area contributed by atoms with Crippen LogP contribution in [0.25, 0.3) is 0 Å². The fraction of sp³-hybridized carbons (Fsp3) is 0.385. The van der Waals surface area contributed by atoms with Crippen LogP contribution in [0.5, 0.6) is 5.75 Å². The highest BCUT2D eigenvalue weighted by molar-refractivity contribution is 7.80. The normalized spacial score (nSPS) is 9.79. The second kappa shape index (κ2) is 7.58. The summed E-state index contributed by atoms with van der Waals surface area (Å²) < 4.78 is 5.20. The zero-order valence-corrected chi connectivity index (χ0v) is 12.0. The Morgan fingerprint density at radius 1 is 1.42 bits per heavy atom. The van der Waals surface area contributed by atoms with Crippen molar-refractivity contribution >= 4 is 34.6 Å². The summed E-state index contributed by atoms with van der Waals surface area (Å²) in [6, 6.07) is 5.26. The standard InChI is InChI=1S/C13H19N3O2S/c1-3-4-5-12(17)16-10-8-9(15-13(14)19)6-7-11(10)18-2/h6-8H,3-5H2,1-2H3,(H,16,17)(H3,14,15,19). The van der Waals surface area contributed by atoms with Gasteiger partial charge >= 0.3 is 0 Å². The van der Waals surface area contributed by atoms with Crippen LogP contribution in [0, 0.1) is 0 Å². The Labute approximate surface area is 118 Å². The molecule has 5 nitrogen and oxygen atoms in total. The summed E-state index contributed by atoms with van der Waals surface area (Å²) in [6.07, 6.45) is 2.33. The third kappa shape index (κ3) is 5.13. The maximum absolute atomic E-state index is 11.7. The molecule has 0 aliphatic carbocycles. The Morgan fingerprint density at radius 3 is 2.74 bits per heavy atom. The van der Waals surface area contributed by atoms with Crippen molar-refractivity contribution in [3.8, 4) is 5.75 Å². The number of thiocarbonyl (C=S) groups is 1. The number of rotatable bonds is 6. The van der Waals surface area contributed by atoms with Crippen LogP contribution in [-0.4, -0.2) is 18.1 Å². The molecule has 0 atom stereocenters. The van der Waals surface area contributed by atoms with Crippen molar-refractivity contribution in [3.63, 3.8) is 0 Å². The Bertz CT molecular complexity index is 463. The highest BCUT2D eigenvalue weighted by atomic mass is 32.1. The number of carbonyl (C=O) groups is 1. The van der Waals surface area contributed by atoms with Crippen LogP contribution in [0.15, 0.2) is 18.2 Å². The molecule has 1 aromatic rings. The molecule has 4 N–H and O–H groups in total. The van der Waals surface area contributed by atoms with Gasteiger partial charge in [-0.15, -0.1) is 0 Å². The van der Waals surface area contributed by atoms with E-state index in [4.69, 9.17) is 22.7 Å². The molecule has 0 saturated heterocycles. The smallest absolute Gasteiger partial charge is 0.224 e. The third-order valence-electron chi connectivity index (χ3n) is 2.50. The molecule has 0 saturated carbocycles. The molecule has 0 unspecified atom stereocenters. The van der Waals surface area contributed by atoms with E-state index in [0.29, 0.717) is 23.5 Å². The van der Waals surface area contributed by atoms with Gasteiger partial charge in [0.05, 0.1) is 12.8 Å². The molecule has 0 aliphatic rings. The van der Waals surface area contributed by atoms with E-state index in [-0.39, 0.29) is 11.0 Å². The predicted octanol–water partition coefficient (Wildman–Crippen LogP) is 2.48. The zero-order valence-electron chi connectivity index (χ0n) is 11.2. The number of anilines is 2. The number of benzene rings is 1. The Kier molecular flexibility index (Phi) is 6.08. The van der Waals surface area contributed by atoms with Crippen LogP contribution in [0.1, 0.15) is 26.2 Å². The van der Waals surface area contributed by atoms with Gasteiger partial charge in [-0.3, -0.25) is 4.79 Å². The first-order valence-corrected chi connectivity index (χ1v) is 6.52. The van der Waals surface area contributed by atoms with E-state index >= 15 is 0 Å². The second-order valence-corrected chi connectivity index (χ2v) is 4.50. The number of hydrogen-bond acceptors (Lipinski definition) is 3. The van der Waals surface area contributed by atoms with Crippen LogP contribution < -0.4 is 21.1 Å². The average molecular weight is 281 g/mol. The van der Waals surface area contributed by atoms with Gasteiger partial charge in [-0.05, 0) is 36.8 Å². The van der Waals surface area contributed by atoms with Crippen LogP contribution in [0.4, 0.5) is 11.4 Å². The van der Waals surface area contributed by atoms with Crippen molar-refractivity contribution in [3.05, 3.63) is 18.2 Å². The molecule has 0 aliphatic heterocycles. The van der Waals surface area contributed by atoms with Gasteiger partial charge < -0.3 is 21.1 Å². The molecule has 0 radical (unpaired) electrons. The third-order valence-corrected chi connectivity index (χ3v) is 2.60. The number of unbranched alkanes of at least 4 members (excludes halogenated alkanes) is 1. The van der Waals surface area contributed by atoms with Crippen molar-refractivity contribution in [1.29, 1.82) is 0 Å². The van der Waals surface area contributed by atoms with Gasteiger partial charge in [0, 0.05) is 12.1 Å². The highest BCUT2D eigenvalue weighted by Crippen LogP contribution is 2.28. The van der Waals surface area contributed by atoms with E-state index in [0.717, 1.165) is 12.8 Å². The SMILES string of the molecule is CCCCC(=O)Nc1cc(NC(N)=S)ccc1OC. The number of nitrogens with one attached hydrogen (secondary N) is 2. The van der Waals surface area contributed by atoms with E-state index in [9.17, 15) is 4.79 Å². The molecule has 0 bridgehead atoms. The van der Waals surface area contributed by atoms with Gasteiger partial charge in [-0.1, -0.05) is 13.3 Å². The molecule has 104 valence electrons. The predicted molar refractivity (Wildman–Crippen MR) is 81.6 cm³/mol. The van der Waals surface area contributed by atoms with E-state index in [1.165, 1.54) is 0 Å². The molecule has 0 fully saturated rings. The molecule has 1 aromatic carbocycles. The fourth-order valence-electron chi connectivity index (χ4n) is 1.58. The topological polar surface area (TPSA) is 76.4 Å². The lowest BCUT2D eigenvalue weighted by molar-refractivity contribution is -0.116. The minimum atomic E-state index is -0.0346. The van der Waals surface area contributed by atoms with Crippen molar-refractivity contribution in [2.24, 2.45) is 5.73 Å². The second-order valence-electron chi connectivity index (χ2n) is 4.06. The first kappa shape index (κ1) is 15.2. The molecular formula is C13H19N3O2S. The fourth-order valence-corrected chi connectivity index (χ4v) is 1.69. The van der Waals surface area contributed by atoms with Gasteiger partial charge in [-0.25, -0.2) is 0 Å². The minimum Gasteiger partial charge on any atom is -0.495 e. The molecule has 0 spiro atoms. The van der Waals surface area contributed by atoms with Crippen LogP contribution in [-0.2, 0) is 4.79 Å². The summed E-state index contributed by atoms with van der Waals surface area (Å²) in [4.78, 5) is 11.7. The van der Waals surface area contributed by atoms with Crippen molar-refractivity contribution < 1.29 is 9.53 Å². The molecule has 19 heavy (non-hydrogen) atoms. The van der Waals surface area contributed by atoms with Crippen LogP contribution in [0.3, 0.4) is 0 Å². The average Bonchev–Trinajstić information content (AvgIpc) is 2.36. The van der Waals surface area contributed by atoms with Crippen molar-refractivity contribution in [2.45, 2.75) is 26.2 Å². The molecule has 1 rings (SSSR count). The van der Waals surface area contributed by atoms with Gasteiger partial charge in [-0.2, -0.15) is 0 Å². The van der Waals surface area contributed by atoms with Crippen molar-refractivity contribution in [1.82, 2.24) is 0 Å². The first-order chi connectivity index (χ1) is 9.06. The quantitative estimate of drug-likeness (QED) is 0.698. The van der Waals surface area contributed by atoms with Gasteiger partial charge in [0.2, 0.25) is 5.91 Å². The summed E-state index contributed by atoms with van der Waals surface area (Å²) in [6.45, 7) is 2.04. The maximum atomic E-state index is 11.7. The number of ether oxygens (including phenoxy) is 1. The van der Waals surface area contributed by atoms with Gasteiger partial charge in [0.15, 0.2) is 5.11 Å². The largest absolute Gasteiger partial charge is 0.495 e. The minimum absolute atomic E-state index is 0.0346. The summed E-state index contributed by atoms with van der Waals surface area (Å²) in [5.41, 5.74) is 6.72. The molecule has 1 amide bonds. The summed E-state index contributed by atoms with van der Waals surface area (Å²) >= 11 is 4.78. The monoisotopic (exact) mass is 281 g/mol. The van der Waals surface area contributed by atoms with E-state index in [2.05, 4.69) is 10.6 Å². The van der Waals surface area contributed by atoms with E-state index in [1.807, 2.05) is 6.92 Å². The lowest BCUT2D eigenvalue weighted by Gasteiger charge is -2.12. The van der Waals surface area contributed by atoms with Gasteiger partial charge in [0.25, 0.3) is 0 Å². The Morgan fingerprint density at radius 2 is 2.16 bits per heavy atom. The molecule has 0 aromatic heterocycles. The summed E-state index contributed by atoms with van der Waals surface area (Å²) in [7, 11) is 1.55. The number of nitrogens with two attached hydrogens (primary N) is 1. The number of amides is 1. The van der Waals surface area contributed by atoms with E-state index in [1.54, 1.807) is 25.3 Å². The van der Waals surface area contributed by atoms with Crippen molar-refractivity contribution in [2.75, 3.05) is 17.7 Å². The Hall–Kier alpha value is -1.82. The van der Waals surface area contributed by atoms with Gasteiger partial charge in [0.1, 0.15) is 5.75 Å². The summed E-state index contributed by atoms with van der Waals surface area (Å²) in [5, 5.41) is 5.81.